The third-order valence-electron chi connectivity index (χ3n) is 2.84. The van der Waals surface area contributed by atoms with Gasteiger partial charge in [-0.15, -0.1) is 11.3 Å². The van der Waals surface area contributed by atoms with Gasteiger partial charge >= 0.3 is 5.97 Å². The van der Waals surface area contributed by atoms with Gasteiger partial charge in [0.1, 0.15) is 11.4 Å². The summed E-state index contributed by atoms with van der Waals surface area (Å²) in [6, 6.07) is 1.49. The van der Waals surface area contributed by atoms with Crippen LogP contribution in [0.3, 0.4) is 0 Å². The molecule has 0 aliphatic carbocycles. The van der Waals surface area contributed by atoms with Crippen molar-refractivity contribution in [2.75, 3.05) is 33.4 Å². The second-order valence-corrected chi connectivity index (χ2v) is 7.25. The number of sulfonamides is 1. The largest absolute Gasteiger partial charge is 0.465 e. The Labute approximate surface area is 127 Å². The molecule has 0 atom stereocenters. The molecule has 0 saturated carbocycles. The number of esters is 1. The minimum atomic E-state index is -3.79. The van der Waals surface area contributed by atoms with E-state index in [1.54, 1.807) is 12.3 Å². The lowest BCUT2D eigenvalue weighted by Gasteiger charge is -2.17. The molecule has 1 aromatic heterocycles. The minimum absolute atomic E-state index is 0.103. The summed E-state index contributed by atoms with van der Waals surface area (Å²) in [5, 5.41) is 1.66. The molecule has 9 heteroatoms. The van der Waals surface area contributed by atoms with E-state index in [0.717, 1.165) is 4.31 Å². The molecular formula is C12H17NO6S2. The monoisotopic (exact) mass is 335 g/mol. The van der Waals surface area contributed by atoms with Gasteiger partial charge in [0.2, 0.25) is 10.0 Å². The molecule has 2 heterocycles. The van der Waals surface area contributed by atoms with Crippen molar-refractivity contribution in [2.45, 2.75) is 18.1 Å². The van der Waals surface area contributed by atoms with Crippen LogP contribution in [-0.4, -0.2) is 52.1 Å². The molecule has 1 saturated heterocycles. The van der Waals surface area contributed by atoms with E-state index < -0.39 is 22.3 Å². The Morgan fingerprint density at radius 3 is 2.76 bits per heavy atom. The Kier molecular flexibility index (Phi) is 5.33. The summed E-state index contributed by atoms with van der Waals surface area (Å²) in [7, 11) is -2.46. The van der Waals surface area contributed by atoms with Gasteiger partial charge in [-0.3, -0.25) is 4.79 Å². The van der Waals surface area contributed by atoms with E-state index in [9.17, 15) is 13.2 Å². The lowest BCUT2D eigenvalue weighted by atomic mass is 10.4. The first-order chi connectivity index (χ1) is 9.96. The lowest BCUT2D eigenvalue weighted by Crippen LogP contribution is -2.33. The van der Waals surface area contributed by atoms with Crippen LogP contribution < -0.4 is 0 Å². The summed E-state index contributed by atoms with van der Waals surface area (Å²) in [5.41, 5.74) is 0. The fourth-order valence-corrected chi connectivity index (χ4v) is 4.38. The number of likely N-dealkylation sites (N-methyl/N-ethyl adjacent to an activating group) is 1. The fourth-order valence-electron chi connectivity index (χ4n) is 1.85. The van der Waals surface area contributed by atoms with Crippen molar-refractivity contribution in [2.24, 2.45) is 0 Å². The molecule has 7 nitrogen and oxygen atoms in total. The molecule has 0 amide bonds. The molecular weight excluding hydrogens is 318 g/mol. The van der Waals surface area contributed by atoms with Crippen molar-refractivity contribution in [1.29, 1.82) is 0 Å². The molecule has 21 heavy (non-hydrogen) atoms. The second-order valence-electron chi connectivity index (χ2n) is 4.29. The molecule has 0 radical (unpaired) electrons. The summed E-state index contributed by atoms with van der Waals surface area (Å²) in [6.45, 7) is 2.40. The lowest BCUT2D eigenvalue weighted by molar-refractivity contribution is -0.143. The Hall–Kier alpha value is -1.00. The first-order valence-electron chi connectivity index (χ1n) is 6.39. The van der Waals surface area contributed by atoms with Gasteiger partial charge in [-0.2, -0.15) is 4.31 Å². The van der Waals surface area contributed by atoms with Gasteiger partial charge in [0.25, 0.3) is 0 Å². The number of hydrogen-bond acceptors (Lipinski definition) is 7. The van der Waals surface area contributed by atoms with Crippen LogP contribution >= 0.6 is 11.3 Å². The van der Waals surface area contributed by atoms with E-state index in [1.807, 2.05) is 0 Å². The van der Waals surface area contributed by atoms with Crippen molar-refractivity contribution < 1.29 is 27.4 Å². The maximum absolute atomic E-state index is 12.5. The van der Waals surface area contributed by atoms with Crippen LogP contribution in [0.25, 0.3) is 0 Å². The maximum Gasteiger partial charge on any atom is 0.321 e. The molecule has 118 valence electrons. The number of rotatable bonds is 6. The highest BCUT2D eigenvalue weighted by atomic mass is 32.2. The van der Waals surface area contributed by atoms with Crippen molar-refractivity contribution >= 4 is 27.3 Å². The topological polar surface area (TPSA) is 82.1 Å². The van der Waals surface area contributed by atoms with Crippen LogP contribution in [0.1, 0.15) is 18.1 Å². The Morgan fingerprint density at radius 2 is 2.14 bits per heavy atom. The number of nitrogens with zero attached hydrogens (tertiary/aromatic N) is 1. The summed E-state index contributed by atoms with van der Waals surface area (Å²) in [5.74, 6) is -0.589. The summed E-state index contributed by atoms with van der Waals surface area (Å²) in [4.78, 5) is 12.0. The Bertz CT molecular complexity index is 591. The van der Waals surface area contributed by atoms with Gasteiger partial charge in [-0.25, -0.2) is 8.42 Å². The predicted octanol–water partition coefficient (Wildman–Crippen LogP) is 0.977. The quantitative estimate of drug-likeness (QED) is 0.721. The molecule has 1 fully saturated rings. The number of ether oxygens (including phenoxy) is 3. The predicted molar refractivity (Wildman–Crippen MR) is 75.4 cm³/mol. The highest BCUT2D eigenvalue weighted by Gasteiger charge is 2.32. The second kappa shape index (κ2) is 6.84. The zero-order chi connectivity index (χ0) is 15.5. The van der Waals surface area contributed by atoms with Gasteiger partial charge in [0, 0.05) is 7.05 Å². The molecule has 0 N–H and O–H groups in total. The zero-order valence-corrected chi connectivity index (χ0v) is 13.4. The molecule has 1 aliphatic rings. The molecule has 1 aromatic rings. The van der Waals surface area contributed by atoms with Gasteiger partial charge in [-0.05, 0) is 18.4 Å². The highest BCUT2D eigenvalue weighted by molar-refractivity contribution is 7.89. The minimum Gasteiger partial charge on any atom is -0.465 e. The smallest absolute Gasteiger partial charge is 0.321 e. The standard InChI is InChI=1S/C12H17NO6S2/c1-3-17-10(14)8-13(2)21(15,16)9-4-7-20-11(9)12-18-5-6-19-12/h4,7,12H,3,5-6,8H2,1-2H3. The van der Waals surface area contributed by atoms with E-state index in [0.29, 0.717) is 18.1 Å². The third kappa shape index (κ3) is 3.61. The van der Waals surface area contributed by atoms with Crippen LogP contribution in [-0.2, 0) is 29.0 Å². The molecule has 0 unspecified atom stereocenters. The van der Waals surface area contributed by atoms with Crippen molar-refractivity contribution in [1.82, 2.24) is 4.31 Å². The fraction of sp³-hybridized carbons (Fsp3) is 0.583. The number of hydrogen-bond donors (Lipinski definition) is 0. The van der Waals surface area contributed by atoms with E-state index in [-0.39, 0.29) is 18.0 Å². The normalized spacial score (nSPS) is 16.5. The van der Waals surface area contributed by atoms with Gasteiger partial charge in [0.05, 0.1) is 24.7 Å². The Balaban J connectivity index is 2.19. The van der Waals surface area contributed by atoms with Crippen LogP contribution in [0.5, 0.6) is 0 Å². The van der Waals surface area contributed by atoms with Crippen LogP contribution in [0.2, 0.25) is 0 Å². The molecule has 2 rings (SSSR count). The molecule has 1 aliphatic heterocycles. The SMILES string of the molecule is CCOC(=O)CN(C)S(=O)(=O)c1ccsc1C1OCCO1. The number of carbonyl (C=O) groups is 1. The average Bonchev–Trinajstić information content (AvgIpc) is 3.09. The summed E-state index contributed by atoms with van der Waals surface area (Å²) < 4.78 is 41.5. The maximum atomic E-state index is 12.5. The highest BCUT2D eigenvalue weighted by Crippen LogP contribution is 2.34. The molecule has 0 bridgehead atoms. The molecule has 0 spiro atoms. The summed E-state index contributed by atoms with van der Waals surface area (Å²) in [6.07, 6.45) is -0.661. The number of carbonyl (C=O) groups excluding carboxylic acids is 1. The van der Waals surface area contributed by atoms with Crippen LogP contribution in [0, 0.1) is 0 Å². The number of thiophene rings is 1. The van der Waals surface area contributed by atoms with E-state index >= 15 is 0 Å². The first kappa shape index (κ1) is 16.4. The van der Waals surface area contributed by atoms with Crippen LogP contribution in [0.15, 0.2) is 16.3 Å². The van der Waals surface area contributed by atoms with Gasteiger partial charge in [0.15, 0.2) is 6.29 Å². The van der Waals surface area contributed by atoms with Crippen LogP contribution in [0.4, 0.5) is 0 Å². The van der Waals surface area contributed by atoms with Gasteiger partial charge in [-0.1, -0.05) is 0 Å². The van der Waals surface area contributed by atoms with E-state index in [2.05, 4.69) is 0 Å². The van der Waals surface area contributed by atoms with Crippen molar-refractivity contribution in [3.63, 3.8) is 0 Å². The summed E-state index contributed by atoms with van der Waals surface area (Å²) >= 11 is 1.25. The van der Waals surface area contributed by atoms with Crippen molar-refractivity contribution in [3.05, 3.63) is 16.3 Å². The first-order valence-corrected chi connectivity index (χ1v) is 8.71. The van der Waals surface area contributed by atoms with E-state index in [4.69, 9.17) is 14.2 Å². The van der Waals surface area contributed by atoms with E-state index in [1.165, 1.54) is 24.5 Å². The third-order valence-corrected chi connectivity index (χ3v) is 5.77. The van der Waals surface area contributed by atoms with Gasteiger partial charge < -0.3 is 14.2 Å². The molecule has 0 aromatic carbocycles. The average molecular weight is 335 g/mol. The van der Waals surface area contributed by atoms with Crippen molar-refractivity contribution in [3.8, 4) is 0 Å². The zero-order valence-electron chi connectivity index (χ0n) is 11.8. The Morgan fingerprint density at radius 1 is 1.48 bits per heavy atom.